The number of aliphatic hydroxyl groups excluding tert-OH is 1. The molecule has 0 aliphatic heterocycles. The lowest BCUT2D eigenvalue weighted by Gasteiger charge is -2.21. The molecule has 0 aliphatic rings. The molecule has 0 radical (unpaired) electrons. The second-order valence-electron chi connectivity index (χ2n) is 6.18. The molecule has 4 N–H and O–H groups in total. The van der Waals surface area contributed by atoms with Crippen LogP contribution < -0.4 is 11.1 Å². The summed E-state index contributed by atoms with van der Waals surface area (Å²) in [5.41, 5.74) is 7.61. The third-order valence-electron chi connectivity index (χ3n) is 4.06. The van der Waals surface area contributed by atoms with E-state index in [2.05, 4.69) is 24.4 Å². The van der Waals surface area contributed by atoms with E-state index in [1.165, 1.54) is 17.7 Å². The molecule has 3 atom stereocenters. The number of halogens is 2. The van der Waals surface area contributed by atoms with Gasteiger partial charge >= 0.3 is 0 Å². The molecule has 0 aliphatic carbocycles. The SMILES string of the molecule is CC(CNC[C@@H](O)[C@@H](N)Cc1cc(F)cc(F)c1)c1ccccc1. The third kappa shape index (κ3) is 5.67. The Bertz CT molecular complexity index is 616. The molecule has 0 bridgehead atoms. The van der Waals surface area contributed by atoms with Crippen LogP contribution in [0.15, 0.2) is 48.5 Å². The van der Waals surface area contributed by atoms with Gasteiger partial charge in [0.05, 0.1) is 6.10 Å². The van der Waals surface area contributed by atoms with Crippen LogP contribution in [-0.4, -0.2) is 30.3 Å². The van der Waals surface area contributed by atoms with E-state index in [4.69, 9.17) is 5.73 Å². The van der Waals surface area contributed by atoms with E-state index in [1.54, 1.807) is 0 Å². The number of aliphatic hydroxyl groups is 1. The Hall–Kier alpha value is -1.82. The van der Waals surface area contributed by atoms with Gasteiger partial charge in [-0.2, -0.15) is 0 Å². The first-order valence-corrected chi connectivity index (χ1v) is 8.10. The van der Waals surface area contributed by atoms with Gasteiger partial charge in [0.15, 0.2) is 0 Å². The maximum Gasteiger partial charge on any atom is 0.126 e. The number of hydrogen-bond donors (Lipinski definition) is 3. The monoisotopic (exact) mass is 334 g/mol. The van der Waals surface area contributed by atoms with Gasteiger partial charge < -0.3 is 16.2 Å². The zero-order valence-corrected chi connectivity index (χ0v) is 13.8. The lowest BCUT2D eigenvalue weighted by molar-refractivity contribution is 0.141. The topological polar surface area (TPSA) is 58.3 Å². The van der Waals surface area contributed by atoms with Crippen LogP contribution in [0.25, 0.3) is 0 Å². The van der Waals surface area contributed by atoms with Crippen molar-refractivity contribution in [1.29, 1.82) is 0 Å². The predicted molar refractivity (Wildman–Crippen MR) is 91.8 cm³/mol. The summed E-state index contributed by atoms with van der Waals surface area (Å²) < 4.78 is 26.4. The highest BCUT2D eigenvalue weighted by Crippen LogP contribution is 2.13. The van der Waals surface area contributed by atoms with Crippen molar-refractivity contribution < 1.29 is 13.9 Å². The molecule has 0 aromatic heterocycles. The van der Waals surface area contributed by atoms with Gasteiger partial charge in [0, 0.05) is 25.2 Å². The zero-order chi connectivity index (χ0) is 17.5. The molecular weight excluding hydrogens is 310 g/mol. The molecule has 0 fully saturated rings. The van der Waals surface area contributed by atoms with Crippen LogP contribution in [0.5, 0.6) is 0 Å². The second kappa shape index (κ2) is 8.87. The van der Waals surface area contributed by atoms with Crippen molar-refractivity contribution in [2.45, 2.75) is 31.4 Å². The van der Waals surface area contributed by atoms with Crippen molar-refractivity contribution >= 4 is 0 Å². The lowest BCUT2D eigenvalue weighted by atomic mass is 10.00. The number of benzene rings is 2. The van der Waals surface area contributed by atoms with Crippen LogP contribution in [0.3, 0.4) is 0 Å². The van der Waals surface area contributed by atoms with Gasteiger partial charge in [0.2, 0.25) is 0 Å². The van der Waals surface area contributed by atoms with Crippen LogP contribution in [0, 0.1) is 11.6 Å². The Morgan fingerprint density at radius 3 is 2.29 bits per heavy atom. The van der Waals surface area contributed by atoms with Crippen LogP contribution >= 0.6 is 0 Å². The molecule has 0 saturated heterocycles. The maximum atomic E-state index is 13.2. The van der Waals surface area contributed by atoms with Gasteiger partial charge in [0.1, 0.15) is 11.6 Å². The molecule has 0 amide bonds. The Morgan fingerprint density at radius 2 is 1.67 bits per heavy atom. The Balaban J connectivity index is 1.78. The van der Waals surface area contributed by atoms with Crippen LogP contribution in [-0.2, 0) is 6.42 Å². The van der Waals surface area contributed by atoms with E-state index in [0.717, 1.165) is 6.07 Å². The minimum absolute atomic E-state index is 0.214. The van der Waals surface area contributed by atoms with E-state index in [1.807, 2.05) is 18.2 Å². The summed E-state index contributed by atoms with van der Waals surface area (Å²) in [7, 11) is 0. The average Bonchev–Trinajstić information content (AvgIpc) is 2.54. The highest BCUT2D eigenvalue weighted by Gasteiger charge is 2.16. The highest BCUT2D eigenvalue weighted by molar-refractivity contribution is 5.20. The molecule has 1 unspecified atom stereocenters. The number of rotatable bonds is 8. The minimum atomic E-state index is -0.792. The molecule has 0 saturated carbocycles. The van der Waals surface area contributed by atoms with Crippen LogP contribution in [0.1, 0.15) is 24.0 Å². The standard InChI is InChI=1S/C19H24F2N2O/c1-13(15-5-3-2-4-6-15)11-23-12-19(24)18(22)9-14-7-16(20)10-17(21)8-14/h2-8,10,13,18-19,23-24H,9,11-12,22H2,1H3/t13?,18-,19+/m0/s1. The van der Waals surface area contributed by atoms with Crippen molar-refractivity contribution in [2.75, 3.05) is 13.1 Å². The van der Waals surface area contributed by atoms with Crippen molar-refractivity contribution in [3.63, 3.8) is 0 Å². The van der Waals surface area contributed by atoms with E-state index in [9.17, 15) is 13.9 Å². The van der Waals surface area contributed by atoms with E-state index >= 15 is 0 Å². The molecule has 130 valence electrons. The Kier molecular flexibility index (Phi) is 6.85. The maximum absolute atomic E-state index is 13.2. The Labute approximate surface area is 141 Å². The van der Waals surface area contributed by atoms with Crippen LogP contribution in [0.4, 0.5) is 8.78 Å². The normalized spacial score (nSPS) is 15.0. The summed E-state index contributed by atoms with van der Waals surface area (Å²) in [4.78, 5) is 0. The summed E-state index contributed by atoms with van der Waals surface area (Å²) in [6.45, 7) is 3.14. The van der Waals surface area contributed by atoms with E-state index in [-0.39, 0.29) is 6.42 Å². The molecule has 2 rings (SSSR count). The molecule has 2 aromatic rings. The lowest BCUT2D eigenvalue weighted by Crippen LogP contribution is -2.43. The molecule has 5 heteroatoms. The van der Waals surface area contributed by atoms with Gasteiger partial charge in [-0.25, -0.2) is 8.78 Å². The summed E-state index contributed by atoms with van der Waals surface area (Å²) in [6, 6.07) is 12.8. The summed E-state index contributed by atoms with van der Waals surface area (Å²) in [5.74, 6) is -0.963. The third-order valence-corrected chi connectivity index (χ3v) is 4.06. The highest BCUT2D eigenvalue weighted by atomic mass is 19.1. The average molecular weight is 334 g/mol. The first-order chi connectivity index (χ1) is 11.5. The fraction of sp³-hybridized carbons (Fsp3) is 0.368. The van der Waals surface area contributed by atoms with Gasteiger partial charge in [0.25, 0.3) is 0 Å². The van der Waals surface area contributed by atoms with Crippen molar-refractivity contribution in [2.24, 2.45) is 5.73 Å². The number of nitrogens with two attached hydrogens (primary N) is 1. The summed E-state index contributed by atoms with van der Waals surface area (Å²) in [5, 5.41) is 13.3. The minimum Gasteiger partial charge on any atom is -0.390 e. The van der Waals surface area contributed by atoms with Gasteiger partial charge in [-0.1, -0.05) is 37.3 Å². The fourth-order valence-electron chi connectivity index (χ4n) is 2.64. The molecule has 0 spiro atoms. The molecule has 3 nitrogen and oxygen atoms in total. The summed E-state index contributed by atoms with van der Waals surface area (Å²) in [6.07, 6.45) is -0.578. The number of nitrogens with one attached hydrogen (secondary N) is 1. The summed E-state index contributed by atoms with van der Waals surface area (Å²) >= 11 is 0. The predicted octanol–water partition coefficient (Wildman–Crippen LogP) is 2.59. The van der Waals surface area contributed by atoms with Gasteiger partial charge in [-0.15, -0.1) is 0 Å². The van der Waals surface area contributed by atoms with Crippen LogP contribution in [0.2, 0.25) is 0 Å². The van der Waals surface area contributed by atoms with Gasteiger partial charge in [-0.05, 0) is 35.6 Å². The largest absolute Gasteiger partial charge is 0.390 e. The van der Waals surface area contributed by atoms with E-state index < -0.39 is 23.8 Å². The fourth-order valence-corrected chi connectivity index (χ4v) is 2.64. The molecule has 24 heavy (non-hydrogen) atoms. The first kappa shape index (κ1) is 18.5. The quantitative estimate of drug-likeness (QED) is 0.695. The first-order valence-electron chi connectivity index (χ1n) is 8.10. The molecular formula is C19H24F2N2O. The van der Waals surface area contributed by atoms with Gasteiger partial charge in [-0.3, -0.25) is 0 Å². The van der Waals surface area contributed by atoms with Crippen molar-refractivity contribution in [1.82, 2.24) is 5.32 Å². The van der Waals surface area contributed by atoms with Crippen molar-refractivity contribution in [3.05, 3.63) is 71.3 Å². The molecule has 0 heterocycles. The smallest absolute Gasteiger partial charge is 0.126 e. The zero-order valence-electron chi connectivity index (χ0n) is 13.8. The molecule has 2 aromatic carbocycles. The number of hydrogen-bond acceptors (Lipinski definition) is 3. The van der Waals surface area contributed by atoms with Crippen molar-refractivity contribution in [3.8, 4) is 0 Å². The van der Waals surface area contributed by atoms with E-state index in [0.29, 0.717) is 24.6 Å². The second-order valence-corrected chi connectivity index (χ2v) is 6.18. The Morgan fingerprint density at radius 1 is 1.04 bits per heavy atom.